The second kappa shape index (κ2) is 9.54. The van der Waals surface area contributed by atoms with Crippen LogP contribution >= 0.6 is 0 Å². The van der Waals surface area contributed by atoms with Crippen molar-refractivity contribution in [2.45, 2.75) is 12.6 Å². The standard InChI is InChI=1S/C26H26N4O5/c1-29(15-21-16-34-22-6-4-5-7-23(22)35-21)26(31)19-10-18-13-28-30(25(18)27-12-19)14-17-8-9-20(32-2)11-24(17)33-3/h4-13,21H,14-16H2,1-3H3. The van der Waals surface area contributed by atoms with Crippen LogP contribution in [0.15, 0.2) is 60.9 Å². The Hall–Kier alpha value is -4.27. The van der Waals surface area contributed by atoms with Gasteiger partial charge in [-0.25, -0.2) is 9.67 Å². The summed E-state index contributed by atoms with van der Waals surface area (Å²) in [6.07, 6.45) is 3.04. The van der Waals surface area contributed by atoms with Crippen LogP contribution in [0.2, 0.25) is 0 Å². The molecule has 1 amide bonds. The number of amides is 1. The minimum Gasteiger partial charge on any atom is -0.497 e. The zero-order chi connectivity index (χ0) is 24.4. The van der Waals surface area contributed by atoms with Gasteiger partial charge in [0.15, 0.2) is 23.3 Å². The molecule has 0 N–H and O–H groups in total. The fourth-order valence-electron chi connectivity index (χ4n) is 4.11. The van der Waals surface area contributed by atoms with E-state index in [4.69, 9.17) is 18.9 Å². The van der Waals surface area contributed by atoms with Crippen LogP contribution in [0, 0.1) is 0 Å². The Morgan fingerprint density at radius 2 is 1.94 bits per heavy atom. The maximum Gasteiger partial charge on any atom is 0.255 e. The van der Waals surface area contributed by atoms with Crippen LogP contribution in [-0.2, 0) is 6.54 Å². The van der Waals surface area contributed by atoms with Gasteiger partial charge in [-0.3, -0.25) is 4.79 Å². The number of pyridine rings is 1. The molecule has 3 heterocycles. The van der Waals surface area contributed by atoms with Crippen LogP contribution in [-0.4, -0.2) is 66.1 Å². The van der Waals surface area contributed by atoms with E-state index in [-0.39, 0.29) is 12.0 Å². The van der Waals surface area contributed by atoms with Crippen LogP contribution in [0.4, 0.5) is 0 Å². The van der Waals surface area contributed by atoms with Gasteiger partial charge in [-0.05, 0) is 30.3 Å². The summed E-state index contributed by atoms with van der Waals surface area (Å²) in [5, 5.41) is 5.26. The van der Waals surface area contributed by atoms with E-state index in [0.29, 0.717) is 42.4 Å². The number of carbonyl (C=O) groups is 1. The van der Waals surface area contributed by atoms with Gasteiger partial charge in [-0.15, -0.1) is 0 Å². The van der Waals surface area contributed by atoms with Gasteiger partial charge in [-0.2, -0.15) is 5.10 Å². The van der Waals surface area contributed by atoms with Crippen LogP contribution in [0.5, 0.6) is 23.0 Å². The van der Waals surface area contributed by atoms with Gasteiger partial charge in [0.2, 0.25) is 0 Å². The topological polar surface area (TPSA) is 87.9 Å². The monoisotopic (exact) mass is 474 g/mol. The molecule has 0 aliphatic carbocycles. The second-order valence-corrected chi connectivity index (χ2v) is 8.30. The third-order valence-corrected chi connectivity index (χ3v) is 5.93. The van der Waals surface area contributed by atoms with Gasteiger partial charge in [0.25, 0.3) is 5.91 Å². The van der Waals surface area contributed by atoms with Crippen molar-refractivity contribution in [1.29, 1.82) is 0 Å². The van der Waals surface area contributed by atoms with Crippen molar-refractivity contribution < 1.29 is 23.7 Å². The summed E-state index contributed by atoms with van der Waals surface area (Å²) in [4.78, 5) is 19.2. The number of hydrogen-bond acceptors (Lipinski definition) is 7. The van der Waals surface area contributed by atoms with Crippen molar-refractivity contribution in [2.75, 3.05) is 34.4 Å². The van der Waals surface area contributed by atoms with E-state index < -0.39 is 0 Å². The summed E-state index contributed by atoms with van der Waals surface area (Å²) < 4.78 is 24.3. The van der Waals surface area contributed by atoms with Gasteiger partial charge in [-0.1, -0.05) is 12.1 Å². The van der Waals surface area contributed by atoms with Crippen LogP contribution in [0.25, 0.3) is 11.0 Å². The number of hydrogen-bond donors (Lipinski definition) is 0. The lowest BCUT2D eigenvalue weighted by Gasteiger charge is -2.29. The van der Waals surface area contributed by atoms with Crippen LogP contribution in [0.1, 0.15) is 15.9 Å². The van der Waals surface area contributed by atoms with E-state index in [1.807, 2.05) is 48.5 Å². The Labute approximate surface area is 202 Å². The van der Waals surface area contributed by atoms with E-state index >= 15 is 0 Å². The zero-order valence-corrected chi connectivity index (χ0v) is 19.8. The maximum absolute atomic E-state index is 13.1. The molecule has 9 nitrogen and oxygen atoms in total. The third kappa shape index (κ3) is 4.57. The van der Waals surface area contributed by atoms with Crippen LogP contribution in [0.3, 0.4) is 0 Å². The summed E-state index contributed by atoms with van der Waals surface area (Å²) >= 11 is 0. The summed E-state index contributed by atoms with van der Waals surface area (Å²) in [6, 6.07) is 15.0. The van der Waals surface area contributed by atoms with Crippen molar-refractivity contribution in [2.24, 2.45) is 0 Å². The number of nitrogens with zero attached hydrogens (tertiary/aromatic N) is 4. The summed E-state index contributed by atoms with van der Waals surface area (Å²) in [6.45, 7) is 1.24. The average molecular weight is 475 g/mol. The number of likely N-dealkylation sites (N-methyl/N-ethyl adjacent to an activating group) is 1. The molecule has 0 bridgehead atoms. The number of rotatable bonds is 7. The number of aromatic nitrogens is 3. The number of fused-ring (bicyclic) bond motifs is 2. The van der Waals surface area contributed by atoms with Crippen molar-refractivity contribution >= 4 is 16.9 Å². The SMILES string of the molecule is COc1ccc(Cn2ncc3cc(C(=O)N(C)CC4COc5ccccc5O4)cnc32)c(OC)c1. The Morgan fingerprint density at radius 1 is 1.11 bits per heavy atom. The molecule has 35 heavy (non-hydrogen) atoms. The number of para-hydroxylation sites is 2. The molecule has 0 saturated heterocycles. The normalized spacial score (nSPS) is 14.5. The van der Waals surface area contributed by atoms with Crippen LogP contribution < -0.4 is 18.9 Å². The van der Waals surface area contributed by atoms with E-state index in [2.05, 4.69) is 10.1 Å². The van der Waals surface area contributed by atoms with Crippen molar-refractivity contribution in [1.82, 2.24) is 19.7 Å². The van der Waals surface area contributed by atoms with Gasteiger partial charge < -0.3 is 23.8 Å². The molecule has 1 unspecified atom stereocenters. The molecule has 1 aliphatic rings. The molecule has 1 atom stereocenters. The predicted molar refractivity (Wildman–Crippen MR) is 129 cm³/mol. The Kier molecular flexibility index (Phi) is 6.13. The van der Waals surface area contributed by atoms with Gasteiger partial charge in [0, 0.05) is 30.3 Å². The van der Waals surface area contributed by atoms with Crippen molar-refractivity contribution in [3.05, 3.63) is 72.1 Å². The highest BCUT2D eigenvalue weighted by Gasteiger charge is 2.24. The largest absolute Gasteiger partial charge is 0.497 e. The van der Waals surface area contributed by atoms with Crippen molar-refractivity contribution in [3.8, 4) is 23.0 Å². The number of carbonyl (C=O) groups excluding carboxylic acids is 1. The third-order valence-electron chi connectivity index (χ3n) is 5.93. The Balaban J connectivity index is 1.29. The number of benzene rings is 2. The highest BCUT2D eigenvalue weighted by Crippen LogP contribution is 2.31. The maximum atomic E-state index is 13.1. The smallest absolute Gasteiger partial charge is 0.255 e. The summed E-state index contributed by atoms with van der Waals surface area (Å²) in [5.41, 5.74) is 2.11. The molecule has 0 saturated carbocycles. The molecule has 2 aromatic carbocycles. The molecular weight excluding hydrogens is 448 g/mol. The molecule has 0 spiro atoms. The quantitative estimate of drug-likeness (QED) is 0.406. The van der Waals surface area contributed by atoms with Gasteiger partial charge in [0.1, 0.15) is 18.1 Å². The molecule has 1 aliphatic heterocycles. The minimum absolute atomic E-state index is 0.147. The van der Waals surface area contributed by atoms with E-state index in [9.17, 15) is 4.79 Å². The lowest BCUT2D eigenvalue weighted by atomic mass is 10.2. The lowest BCUT2D eigenvalue weighted by Crippen LogP contribution is -2.41. The molecular formula is C26H26N4O5. The lowest BCUT2D eigenvalue weighted by molar-refractivity contribution is 0.0521. The Bertz CT molecular complexity index is 1370. The van der Waals surface area contributed by atoms with Crippen molar-refractivity contribution in [3.63, 3.8) is 0 Å². The van der Waals surface area contributed by atoms with E-state index in [0.717, 1.165) is 22.4 Å². The number of methoxy groups -OCH3 is 2. The molecule has 0 radical (unpaired) electrons. The van der Waals surface area contributed by atoms with Gasteiger partial charge in [0.05, 0.1) is 39.1 Å². The second-order valence-electron chi connectivity index (χ2n) is 8.30. The highest BCUT2D eigenvalue weighted by atomic mass is 16.6. The van der Waals surface area contributed by atoms with Gasteiger partial charge >= 0.3 is 0 Å². The molecule has 9 heteroatoms. The first-order valence-electron chi connectivity index (χ1n) is 11.2. The zero-order valence-electron chi connectivity index (χ0n) is 19.8. The predicted octanol–water partition coefficient (Wildman–Crippen LogP) is 3.41. The first kappa shape index (κ1) is 22.5. The van der Waals surface area contributed by atoms with E-state index in [1.54, 1.807) is 43.2 Å². The highest BCUT2D eigenvalue weighted by molar-refractivity contribution is 5.96. The molecule has 2 aromatic heterocycles. The Morgan fingerprint density at radius 3 is 2.74 bits per heavy atom. The number of ether oxygens (including phenoxy) is 4. The molecule has 180 valence electrons. The molecule has 4 aromatic rings. The minimum atomic E-state index is -0.252. The van der Waals surface area contributed by atoms with E-state index in [1.165, 1.54) is 0 Å². The summed E-state index contributed by atoms with van der Waals surface area (Å²) in [5.74, 6) is 2.69. The summed E-state index contributed by atoms with van der Waals surface area (Å²) in [7, 11) is 4.98. The first-order valence-corrected chi connectivity index (χ1v) is 11.2. The first-order chi connectivity index (χ1) is 17.1. The molecule has 0 fully saturated rings. The molecule has 5 rings (SSSR count). The fourth-order valence-corrected chi connectivity index (χ4v) is 4.11. The fraction of sp³-hybridized carbons (Fsp3) is 0.269. The average Bonchev–Trinajstić information content (AvgIpc) is 3.30.